The quantitative estimate of drug-likeness (QED) is 0.311. The number of carbonyl (C=O) groups is 1. The number of hydrogen-bond donors (Lipinski definition) is 0. The molecule has 0 unspecified atom stereocenters. The summed E-state index contributed by atoms with van der Waals surface area (Å²) in [5.41, 5.74) is 1.44. The van der Waals surface area contributed by atoms with E-state index in [2.05, 4.69) is 21.8 Å². The molecule has 7 nitrogen and oxygen atoms in total. The van der Waals surface area contributed by atoms with E-state index in [1.165, 1.54) is 41.1 Å². The summed E-state index contributed by atoms with van der Waals surface area (Å²) in [6, 6.07) is 15.7. The molecule has 36 heavy (non-hydrogen) atoms. The van der Waals surface area contributed by atoms with Gasteiger partial charge in [0.2, 0.25) is 0 Å². The number of pyridine rings is 2. The Labute approximate surface area is 209 Å². The first-order chi connectivity index (χ1) is 17.5. The van der Waals surface area contributed by atoms with E-state index >= 15 is 0 Å². The van der Waals surface area contributed by atoms with Crippen molar-refractivity contribution in [2.45, 2.75) is 13.8 Å². The van der Waals surface area contributed by atoms with E-state index in [0.717, 1.165) is 31.9 Å². The summed E-state index contributed by atoms with van der Waals surface area (Å²) in [7, 11) is 2.10. The van der Waals surface area contributed by atoms with Gasteiger partial charge in [0.25, 0.3) is 5.56 Å². The summed E-state index contributed by atoms with van der Waals surface area (Å²) in [4.78, 5) is 35.1. The van der Waals surface area contributed by atoms with Crippen LogP contribution in [-0.4, -0.2) is 53.6 Å². The molecule has 0 aliphatic carbocycles. The highest BCUT2D eigenvalue weighted by Crippen LogP contribution is 2.29. The maximum Gasteiger partial charge on any atom is 0.349 e. The first-order valence-electron chi connectivity index (χ1n) is 12.0. The van der Waals surface area contributed by atoms with E-state index in [9.17, 15) is 14.0 Å². The fourth-order valence-electron chi connectivity index (χ4n) is 4.05. The highest BCUT2D eigenvalue weighted by atomic mass is 19.1. The molecular weight excluding hydrogens is 459 g/mol. The van der Waals surface area contributed by atoms with Crippen LogP contribution in [0.25, 0.3) is 16.6 Å². The van der Waals surface area contributed by atoms with Crippen LogP contribution in [-0.2, 0) is 0 Å². The number of aromatic nitrogens is 2. The Morgan fingerprint density at radius 3 is 2.39 bits per heavy atom. The van der Waals surface area contributed by atoms with Crippen LogP contribution in [0.4, 0.5) is 10.1 Å². The lowest BCUT2D eigenvalue weighted by Crippen LogP contribution is -2.44. The fourth-order valence-corrected chi connectivity index (χ4v) is 4.05. The third-order valence-electron chi connectivity index (χ3n) is 6.01. The lowest BCUT2D eigenvalue weighted by molar-refractivity contribution is 0.0735. The van der Waals surface area contributed by atoms with Gasteiger partial charge in [-0.3, -0.25) is 14.3 Å². The molecule has 0 saturated carbocycles. The monoisotopic (exact) mass is 488 g/mol. The molecule has 0 radical (unpaired) electrons. The van der Waals surface area contributed by atoms with Crippen LogP contribution in [0.15, 0.2) is 77.9 Å². The molecule has 2 aromatic heterocycles. The number of nitrogens with zero attached hydrogens (tertiary/aromatic N) is 4. The lowest BCUT2D eigenvalue weighted by Gasteiger charge is -2.33. The number of anilines is 1. The topological polar surface area (TPSA) is 67.7 Å². The average Bonchev–Trinajstić information content (AvgIpc) is 2.91. The van der Waals surface area contributed by atoms with Gasteiger partial charge in [-0.2, -0.15) is 0 Å². The van der Waals surface area contributed by atoms with Crippen LogP contribution < -0.4 is 15.2 Å². The van der Waals surface area contributed by atoms with Gasteiger partial charge in [0.15, 0.2) is 0 Å². The maximum absolute atomic E-state index is 13.3. The van der Waals surface area contributed by atoms with Crippen LogP contribution in [0.3, 0.4) is 0 Å². The Kier molecular flexibility index (Phi) is 7.75. The second kappa shape index (κ2) is 11.1. The molecule has 1 aliphatic rings. The molecule has 5 rings (SSSR count). The minimum Gasteiger partial charge on any atom is -0.422 e. The van der Waals surface area contributed by atoms with Gasteiger partial charge >= 0.3 is 5.97 Å². The molecule has 0 spiro atoms. The Hall–Kier alpha value is -4.04. The highest BCUT2D eigenvalue weighted by Gasteiger charge is 2.19. The van der Waals surface area contributed by atoms with Crippen LogP contribution in [0.2, 0.25) is 0 Å². The van der Waals surface area contributed by atoms with Gasteiger partial charge in [0.1, 0.15) is 17.1 Å². The number of esters is 1. The van der Waals surface area contributed by atoms with E-state index in [1.54, 1.807) is 18.2 Å². The molecule has 8 heteroatoms. The molecule has 2 aromatic carbocycles. The SMILES string of the molecule is CC.CN1CCN(c2cnc3cccc(OC(=O)c4cccn(-c5ccc(F)cc5)c4=O)c3c2)CC1. The Morgan fingerprint density at radius 2 is 1.67 bits per heavy atom. The molecule has 3 heterocycles. The zero-order valence-electron chi connectivity index (χ0n) is 20.6. The van der Waals surface area contributed by atoms with Crippen molar-refractivity contribution in [3.05, 3.63) is 94.8 Å². The second-order valence-electron chi connectivity index (χ2n) is 8.27. The van der Waals surface area contributed by atoms with E-state index in [1.807, 2.05) is 32.2 Å². The van der Waals surface area contributed by atoms with Gasteiger partial charge in [0, 0.05) is 43.4 Å². The Bertz CT molecular complexity index is 1410. The fraction of sp³-hybridized carbons (Fsp3) is 0.250. The normalized spacial score (nSPS) is 13.7. The van der Waals surface area contributed by atoms with Crippen LogP contribution in [0, 0.1) is 5.82 Å². The predicted octanol–water partition coefficient (Wildman–Crippen LogP) is 4.52. The summed E-state index contributed by atoms with van der Waals surface area (Å²) in [5, 5.41) is 0.696. The predicted molar refractivity (Wildman–Crippen MR) is 140 cm³/mol. The van der Waals surface area contributed by atoms with Gasteiger partial charge in [-0.25, -0.2) is 9.18 Å². The molecule has 1 fully saturated rings. The van der Waals surface area contributed by atoms with Crippen molar-refractivity contribution in [1.82, 2.24) is 14.5 Å². The lowest BCUT2D eigenvalue weighted by atomic mass is 10.1. The standard InChI is InChI=1S/C26H23FN4O3.C2H6/c1-29-12-14-30(15-13-29)20-16-22-23(28-17-20)5-2-6-24(22)34-26(33)21-4-3-11-31(25(21)32)19-9-7-18(27)8-10-19;1-2/h2-11,16-17H,12-15H2,1H3;1-2H3. The molecule has 0 bridgehead atoms. The molecule has 1 saturated heterocycles. The largest absolute Gasteiger partial charge is 0.422 e. The van der Waals surface area contributed by atoms with E-state index in [4.69, 9.17) is 4.74 Å². The first kappa shape index (κ1) is 25.1. The van der Waals surface area contributed by atoms with Crippen molar-refractivity contribution in [3.63, 3.8) is 0 Å². The summed E-state index contributed by atoms with van der Waals surface area (Å²) >= 11 is 0. The number of rotatable bonds is 4. The van der Waals surface area contributed by atoms with Gasteiger partial charge in [-0.15, -0.1) is 0 Å². The Morgan fingerprint density at radius 1 is 0.944 bits per heavy atom. The smallest absolute Gasteiger partial charge is 0.349 e. The summed E-state index contributed by atoms with van der Waals surface area (Å²) in [6.45, 7) is 7.70. The minimum absolute atomic E-state index is 0.119. The van der Waals surface area contributed by atoms with Crippen LogP contribution in [0.1, 0.15) is 24.2 Å². The zero-order chi connectivity index (χ0) is 25.7. The number of hydrogen-bond acceptors (Lipinski definition) is 6. The number of likely N-dealkylation sites (N-methyl/N-ethyl adjacent to an activating group) is 1. The zero-order valence-corrected chi connectivity index (χ0v) is 20.6. The summed E-state index contributed by atoms with van der Waals surface area (Å²) in [6.07, 6.45) is 3.36. The number of piperazine rings is 1. The third-order valence-corrected chi connectivity index (χ3v) is 6.01. The second-order valence-corrected chi connectivity index (χ2v) is 8.27. The minimum atomic E-state index is -0.765. The molecule has 0 amide bonds. The number of halogens is 1. The molecule has 0 N–H and O–H groups in total. The highest BCUT2D eigenvalue weighted by molar-refractivity contribution is 5.95. The molecular formula is C28H29FN4O3. The summed E-state index contributed by atoms with van der Waals surface area (Å²) in [5.74, 6) is -0.839. The van der Waals surface area contributed by atoms with Crippen molar-refractivity contribution in [3.8, 4) is 11.4 Å². The first-order valence-corrected chi connectivity index (χ1v) is 12.0. The van der Waals surface area contributed by atoms with E-state index in [0.29, 0.717) is 22.3 Å². The molecule has 0 atom stereocenters. The number of fused-ring (bicyclic) bond motifs is 1. The number of ether oxygens (including phenoxy) is 1. The van der Waals surface area contributed by atoms with Crippen molar-refractivity contribution in [2.24, 2.45) is 0 Å². The van der Waals surface area contributed by atoms with Gasteiger partial charge < -0.3 is 14.5 Å². The maximum atomic E-state index is 13.3. The van der Waals surface area contributed by atoms with Gasteiger partial charge in [0.05, 0.1) is 17.4 Å². The van der Waals surface area contributed by atoms with Crippen LogP contribution in [0.5, 0.6) is 5.75 Å². The van der Waals surface area contributed by atoms with Crippen molar-refractivity contribution in [1.29, 1.82) is 0 Å². The third kappa shape index (κ3) is 5.28. The van der Waals surface area contributed by atoms with Crippen molar-refractivity contribution in [2.75, 3.05) is 38.1 Å². The summed E-state index contributed by atoms with van der Waals surface area (Å²) < 4.78 is 20.2. The van der Waals surface area contributed by atoms with E-state index < -0.39 is 17.3 Å². The van der Waals surface area contributed by atoms with Crippen LogP contribution >= 0.6 is 0 Å². The van der Waals surface area contributed by atoms with Crippen molar-refractivity contribution >= 4 is 22.6 Å². The Balaban J connectivity index is 0.00000148. The molecule has 1 aliphatic heterocycles. The molecule has 186 valence electrons. The average molecular weight is 489 g/mol. The number of benzene rings is 2. The van der Waals surface area contributed by atoms with Crippen molar-refractivity contribution < 1.29 is 13.9 Å². The van der Waals surface area contributed by atoms with Gasteiger partial charge in [-0.05, 0) is 61.6 Å². The van der Waals surface area contributed by atoms with Gasteiger partial charge in [-0.1, -0.05) is 19.9 Å². The number of carbonyl (C=O) groups excluding carboxylic acids is 1. The van der Waals surface area contributed by atoms with E-state index in [-0.39, 0.29) is 5.56 Å². The molecule has 4 aromatic rings.